The summed E-state index contributed by atoms with van der Waals surface area (Å²) in [7, 11) is 0. The number of carbonyl (C=O) groups excluding carboxylic acids is 1. The van der Waals surface area contributed by atoms with Crippen molar-refractivity contribution in [2.75, 3.05) is 11.9 Å². The first-order chi connectivity index (χ1) is 14.3. The zero-order chi connectivity index (χ0) is 21.5. The van der Waals surface area contributed by atoms with E-state index in [1.54, 1.807) is 0 Å². The zero-order valence-electron chi connectivity index (χ0n) is 15.9. The highest BCUT2D eigenvalue weighted by Gasteiger charge is 2.39. The van der Waals surface area contributed by atoms with E-state index in [9.17, 15) is 23.1 Å². The first kappa shape index (κ1) is 21.2. The van der Waals surface area contributed by atoms with Crippen molar-refractivity contribution in [3.8, 4) is 11.5 Å². The molecule has 12 heteroatoms. The van der Waals surface area contributed by atoms with Gasteiger partial charge in [0.15, 0.2) is 0 Å². The number of hydrogen-bond donors (Lipinski definition) is 3. The number of alkyl halides is 3. The number of aliphatic hydroxyl groups excluding tert-OH is 1. The molecule has 0 bridgehead atoms. The van der Waals surface area contributed by atoms with Gasteiger partial charge in [0.1, 0.15) is 11.2 Å². The van der Waals surface area contributed by atoms with Crippen LogP contribution in [0.3, 0.4) is 0 Å². The maximum Gasteiger partial charge on any atom is 0.455 e. The minimum Gasteiger partial charge on any atom is -0.379 e. The number of amides is 1. The molecule has 30 heavy (non-hydrogen) atoms. The maximum atomic E-state index is 13.0. The number of hydrogen-bond acceptors (Lipinski definition) is 8. The number of ether oxygens (including phenoxy) is 1. The van der Waals surface area contributed by atoms with Crippen molar-refractivity contribution >= 4 is 22.2 Å². The average molecular weight is 446 g/mol. The Bertz CT molecular complexity index is 927. The predicted octanol–water partition coefficient (Wildman–Crippen LogP) is 2.91. The Morgan fingerprint density at radius 2 is 2.10 bits per heavy atom. The molecule has 4 N–H and O–H groups in total. The molecule has 4 rings (SSSR count). The van der Waals surface area contributed by atoms with Gasteiger partial charge in [0.25, 0.3) is 11.7 Å². The highest BCUT2D eigenvalue weighted by atomic mass is 32.1. The number of fused-ring (bicyclic) bond motifs is 1. The molecule has 3 heterocycles. The highest BCUT2D eigenvalue weighted by Crippen LogP contribution is 2.44. The van der Waals surface area contributed by atoms with E-state index in [2.05, 4.69) is 15.5 Å². The number of nitrogens with one attached hydrogen (secondary N) is 1. The summed E-state index contributed by atoms with van der Waals surface area (Å²) < 4.78 is 49.2. The third kappa shape index (κ3) is 4.09. The number of carbonyl (C=O) groups is 1. The van der Waals surface area contributed by atoms with Gasteiger partial charge in [-0.3, -0.25) is 4.79 Å². The molecule has 1 amide bonds. The van der Waals surface area contributed by atoms with Crippen molar-refractivity contribution < 1.29 is 32.3 Å². The Balaban J connectivity index is 1.67. The molecule has 2 aromatic heterocycles. The molecule has 2 aromatic rings. The van der Waals surface area contributed by atoms with Crippen LogP contribution in [-0.4, -0.2) is 34.0 Å². The number of aliphatic hydroxyl groups is 1. The molecule has 1 aliphatic carbocycles. The van der Waals surface area contributed by atoms with Crippen molar-refractivity contribution in [3.63, 3.8) is 0 Å². The van der Waals surface area contributed by atoms with Gasteiger partial charge in [-0.05, 0) is 24.8 Å². The van der Waals surface area contributed by atoms with E-state index in [4.69, 9.17) is 15.0 Å². The van der Waals surface area contributed by atoms with Crippen LogP contribution in [0.25, 0.3) is 11.5 Å². The molecular formula is C18H21F3N4O4S. The largest absolute Gasteiger partial charge is 0.455 e. The average Bonchev–Trinajstić information content (AvgIpc) is 3.32. The molecule has 3 unspecified atom stereocenters. The zero-order valence-corrected chi connectivity index (χ0v) is 16.7. The van der Waals surface area contributed by atoms with Gasteiger partial charge in [0, 0.05) is 16.7 Å². The van der Waals surface area contributed by atoms with Crippen LogP contribution in [0.15, 0.2) is 4.52 Å². The Morgan fingerprint density at radius 3 is 2.80 bits per heavy atom. The first-order valence-electron chi connectivity index (χ1n) is 9.63. The topological polar surface area (TPSA) is 124 Å². The summed E-state index contributed by atoms with van der Waals surface area (Å²) in [5.41, 5.74) is 6.69. The Morgan fingerprint density at radius 1 is 1.33 bits per heavy atom. The number of anilines is 1. The minimum atomic E-state index is -4.74. The Labute approximate surface area is 173 Å². The normalized spacial score (nSPS) is 23.1. The molecule has 2 aliphatic rings. The molecule has 0 saturated heterocycles. The summed E-state index contributed by atoms with van der Waals surface area (Å²) >= 11 is 1.22. The highest BCUT2D eigenvalue weighted by molar-refractivity contribution is 7.17. The molecule has 3 atom stereocenters. The van der Waals surface area contributed by atoms with Gasteiger partial charge in [-0.25, -0.2) is 0 Å². The van der Waals surface area contributed by atoms with Crippen molar-refractivity contribution in [3.05, 3.63) is 16.3 Å². The van der Waals surface area contributed by atoms with Crippen LogP contribution in [0.1, 0.15) is 41.9 Å². The molecule has 1 fully saturated rings. The second-order valence-corrected chi connectivity index (χ2v) is 8.57. The van der Waals surface area contributed by atoms with Gasteiger partial charge in [0.2, 0.25) is 5.91 Å². The van der Waals surface area contributed by atoms with E-state index >= 15 is 0 Å². The van der Waals surface area contributed by atoms with E-state index in [-0.39, 0.29) is 24.3 Å². The lowest BCUT2D eigenvalue weighted by molar-refractivity contribution is -0.146. The maximum absolute atomic E-state index is 13.0. The molecule has 8 nitrogen and oxygen atoms in total. The van der Waals surface area contributed by atoms with E-state index in [1.165, 1.54) is 11.3 Å². The number of aromatic nitrogens is 2. The Kier molecular flexibility index (Phi) is 5.84. The monoisotopic (exact) mass is 446 g/mol. The van der Waals surface area contributed by atoms with Crippen molar-refractivity contribution in [2.24, 2.45) is 17.6 Å². The van der Waals surface area contributed by atoms with E-state index in [0.29, 0.717) is 36.4 Å². The second-order valence-electron chi connectivity index (χ2n) is 7.47. The van der Waals surface area contributed by atoms with Crippen LogP contribution in [0.4, 0.5) is 18.2 Å². The van der Waals surface area contributed by atoms with Gasteiger partial charge in [0.05, 0.1) is 18.8 Å². The van der Waals surface area contributed by atoms with Gasteiger partial charge >= 0.3 is 6.18 Å². The number of nitrogens with two attached hydrogens (primary N) is 1. The molecule has 1 aliphatic heterocycles. The van der Waals surface area contributed by atoms with Crippen LogP contribution in [-0.2, 0) is 28.7 Å². The van der Waals surface area contributed by atoms with Crippen LogP contribution in [0.2, 0.25) is 0 Å². The Hall–Kier alpha value is -2.02. The van der Waals surface area contributed by atoms with Crippen LogP contribution < -0.4 is 11.1 Å². The first-order valence-corrected chi connectivity index (χ1v) is 10.5. The molecule has 0 radical (unpaired) electrons. The van der Waals surface area contributed by atoms with E-state index in [1.807, 2.05) is 0 Å². The van der Waals surface area contributed by atoms with Crippen molar-refractivity contribution in [1.82, 2.24) is 10.1 Å². The number of thiophene rings is 1. The lowest BCUT2D eigenvalue weighted by Gasteiger charge is -2.32. The van der Waals surface area contributed by atoms with E-state index in [0.717, 1.165) is 23.3 Å². The smallest absolute Gasteiger partial charge is 0.379 e. The molecular weight excluding hydrogens is 425 g/mol. The van der Waals surface area contributed by atoms with Crippen molar-refractivity contribution in [2.45, 2.75) is 51.1 Å². The lowest BCUT2D eigenvalue weighted by Crippen LogP contribution is -2.42. The molecule has 1 saturated carbocycles. The van der Waals surface area contributed by atoms with E-state index < -0.39 is 24.1 Å². The quantitative estimate of drug-likeness (QED) is 0.617. The summed E-state index contributed by atoms with van der Waals surface area (Å²) in [4.78, 5) is 17.3. The standard InChI is InChI=1S/C18H21F3N4O4S/c19-18(20,21)17-24-15(29-25-17)12-10-5-6-28-7-11(10)30-16(12)23-14(27)9-4-2-1-3-8(9)13(22)26/h8-9,13,26H,1-7,22H2,(H,23,27). The fourth-order valence-corrected chi connectivity index (χ4v) is 5.27. The summed E-state index contributed by atoms with van der Waals surface area (Å²) in [6.07, 6.45) is -2.48. The second kappa shape index (κ2) is 8.25. The van der Waals surface area contributed by atoms with Gasteiger partial charge in [-0.15, -0.1) is 11.3 Å². The summed E-state index contributed by atoms with van der Waals surface area (Å²) in [5.74, 6) is -2.87. The van der Waals surface area contributed by atoms with Crippen molar-refractivity contribution in [1.29, 1.82) is 0 Å². The minimum absolute atomic E-state index is 0.288. The van der Waals surface area contributed by atoms with Gasteiger partial charge in [-0.1, -0.05) is 18.0 Å². The molecule has 164 valence electrons. The number of halogens is 3. The number of rotatable bonds is 4. The summed E-state index contributed by atoms with van der Waals surface area (Å²) in [6, 6.07) is 0. The third-order valence-corrected chi connectivity index (χ3v) is 6.67. The summed E-state index contributed by atoms with van der Waals surface area (Å²) in [5, 5.41) is 16.0. The summed E-state index contributed by atoms with van der Waals surface area (Å²) in [6.45, 7) is 0.686. The van der Waals surface area contributed by atoms with Gasteiger partial charge < -0.3 is 25.4 Å². The number of nitrogens with zero attached hydrogens (tertiary/aromatic N) is 2. The SMILES string of the molecule is NC(O)C1CCCCC1C(=O)Nc1sc2c(c1-c1nc(C(F)(F)F)no1)CCOC2. The lowest BCUT2D eigenvalue weighted by atomic mass is 9.78. The van der Waals surface area contributed by atoms with Crippen LogP contribution >= 0.6 is 11.3 Å². The van der Waals surface area contributed by atoms with Crippen LogP contribution in [0, 0.1) is 11.8 Å². The molecule has 0 spiro atoms. The predicted molar refractivity (Wildman–Crippen MR) is 100 cm³/mol. The fourth-order valence-electron chi connectivity index (χ4n) is 4.09. The molecule has 0 aromatic carbocycles. The fraction of sp³-hybridized carbons (Fsp3) is 0.611. The van der Waals surface area contributed by atoms with Crippen LogP contribution in [0.5, 0.6) is 0 Å². The third-order valence-electron chi connectivity index (χ3n) is 5.55. The van der Waals surface area contributed by atoms with Gasteiger partial charge in [-0.2, -0.15) is 18.2 Å².